The Balaban J connectivity index is 3.57. The van der Waals surface area contributed by atoms with Crippen LogP contribution < -0.4 is 0 Å². The standard InChI is InChI=1S/C4H5O2/c1-3(2)4(5)6/h1H,2H3,(H,5,6). The van der Waals surface area contributed by atoms with Crippen LogP contribution in [0.3, 0.4) is 0 Å². The maximum absolute atomic E-state index is 9.54. The minimum Gasteiger partial charge on any atom is -0.478 e. The Morgan fingerprint density at radius 3 is 2.00 bits per heavy atom. The van der Waals surface area contributed by atoms with Gasteiger partial charge in [-0.3, -0.25) is 0 Å². The molecule has 0 aliphatic heterocycles. The van der Waals surface area contributed by atoms with E-state index in [-0.39, 0.29) is 5.57 Å². The van der Waals surface area contributed by atoms with Crippen molar-refractivity contribution in [1.82, 2.24) is 0 Å². The zero-order valence-electron chi connectivity index (χ0n) is 3.43. The van der Waals surface area contributed by atoms with Crippen molar-refractivity contribution in [2.24, 2.45) is 0 Å². The predicted molar refractivity (Wildman–Crippen MR) is 21.1 cm³/mol. The monoisotopic (exact) mass is 85.0 g/mol. The van der Waals surface area contributed by atoms with Crippen LogP contribution in [-0.2, 0) is 4.79 Å². The van der Waals surface area contributed by atoms with Crippen molar-refractivity contribution >= 4 is 5.97 Å². The van der Waals surface area contributed by atoms with Gasteiger partial charge >= 0.3 is 5.97 Å². The summed E-state index contributed by atoms with van der Waals surface area (Å²) in [6.45, 7) is 6.09. The van der Waals surface area contributed by atoms with Crippen molar-refractivity contribution in [3.8, 4) is 0 Å². The Labute approximate surface area is 36.1 Å². The lowest BCUT2D eigenvalue weighted by Gasteiger charge is -1.79. The first-order valence-corrected chi connectivity index (χ1v) is 1.47. The summed E-state index contributed by atoms with van der Waals surface area (Å²) in [7, 11) is 0. The second-order valence-corrected chi connectivity index (χ2v) is 0.988. The second-order valence-electron chi connectivity index (χ2n) is 0.988. The normalized spacial score (nSPS) is 7.50. The summed E-state index contributed by atoms with van der Waals surface area (Å²) in [6, 6.07) is 0. The molecule has 0 bridgehead atoms. The molecule has 0 spiro atoms. The zero-order chi connectivity index (χ0) is 5.15. The first-order chi connectivity index (χ1) is 2.64. The largest absolute Gasteiger partial charge is 0.478 e. The topological polar surface area (TPSA) is 37.3 Å². The minimum atomic E-state index is -1.05. The summed E-state index contributed by atoms with van der Waals surface area (Å²) < 4.78 is 0. The van der Waals surface area contributed by atoms with Crippen LogP contribution in [0.15, 0.2) is 5.57 Å². The summed E-state index contributed by atoms with van der Waals surface area (Å²) in [5.74, 6) is -1.05. The van der Waals surface area contributed by atoms with Gasteiger partial charge in [-0.1, -0.05) is 6.58 Å². The molecular formula is C4H5O2. The first kappa shape index (κ1) is 5.21. The summed E-state index contributed by atoms with van der Waals surface area (Å²) in [6.07, 6.45) is 0. The van der Waals surface area contributed by atoms with Gasteiger partial charge in [-0.25, -0.2) is 4.79 Å². The fraction of sp³-hybridized carbons (Fsp3) is 0.250. The van der Waals surface area contributed by atoms with Gasteiger partial charge < -0.3 is 5.11 Å². The van der Waals surface area contributed by atoms with Gasteiger partial charge in [0, 0.05) is 5.57 Å². The maximum Gasteiger partial charge on any atom is 0.331 e. The van der Waals surface area contributed by atoms with Crippen molar-refractivity contribution in [3.63, 3.8) is 0 Å². The summed E-state index contributed by atoms with van der Waals surface area (Å²) >= 11 is 0. The fourth-order valence-electron chi connectivity index (χ4n) is 0. The molecule has 33 valence electrons. The highest BCUT2D eigenvalue weighted by Gasteiger charge is 1.90. The van der Waals surface area contributed by atoms with Gasteiger partial charge in [0.25, 0.3) is 0 Å². The Morgan fingerprint density at radius 1 is 1.83 bits per heavy atom. The molecule has 0 unspecified atom stereocenters. The van der Waals surface area contributed by atoms with E-state index in [1.54, 1.807) is 0 Å². The number of carbonyl (C=O) groups is 1. The second kappa shape index (κ2) is 1.60. The molecule has 0 saturated heterocycles. The molecule has 0 aromatic heterocycles. The lowest BCUT2D eigenvalue weighted by molar-refractivity contribution is -0.132. The van der Waals surface area contributed by atoms with Gasteiger partial charge in [0.15, 0.2) is 0 Å². The van der Waals surface area contributed by atoms with E-state index in [9.17, 15) is 4.79 Å². The SMILES string of the molecule is [CH]=C(C)C(=O)O. The van der Waals surface area contributed by atoms with Crippen LogP contribution in [0.25, 0.3) is 0 Å². The molecule has 0 fully saturated rings. The van der Waals surface area contributed by atoms with E-state index in [0.29, 0.717) is 0 Å². The quantitative estimate of drug-likeness (QED) is 0.469. The molecule has 0 atom stereocenters. The van der Waals surface area contributed by atoms with E-state index < -0.39 is 5.97 Å². The predicted octanol–water partition coefficient (Wildman–Crippen LogP) is 0.450. The van der Waals surface area contributed by atoms with E-state index >= 15 is 0 Å². The Kier molecular flexibility index (Phi) is 1.39. The van der Waals surface area contributed by atoms with Crippen LogP contribution in [0.4, 0.5) is 0 Å². The van der Waals surface area contributed by atoms with Gasteiger partial charge in [-0.2, -0.15) is 0 Å². The zero-order valence-corrected chi connectivity index (χ0v) is 3.43. The molecule has 6 heavy (non-hydrogen) atoms. The van der Waals surface area contributed by atoms with Gasteiger partial charge in [-0.15, -0.1) is 0 Å². The summed E-state index contributed by atoms with van der Waals surface area (Å²) in [4.78, 5) is 9.54. The van der Waals surface area contributed by atoms with Gasteiger partial charge in [0.1, 0.15) is 0 Å². The lowest BCUT2D eigenvalue weighted by Crippen LogP contribution is -1.92. The highest BCUT2D eigenvalue weighted by atomic mass is 16.4. The Bertz CT molecular complexity index is 71.5. The van der Waals surface area contributed by atoms with Crippen LogP contribution in [-0.4, -0.2) is 11.1 Å². The highest BCUT2D eigenvalue weighted by molar-refractivity contribution is 5.84. The molecule has 0 aromatic rings. The highest BCUT2D eigenvalue weighted by Crippen LogP contribution is 1.80. The first-order valence-electron chi connectivity index (χ1n) is 1.47. The average Bonchev–Trinajstić information content (AvgIpc) is 1.36. The van der Waals surface area contributed by atoms with Crippen molar-refractivity contribution in [1.29, 1.82) is 0 Å². The third-order valence-electron chi connectivity index (χ3n) is 0.337. The number of carboxylic acids is 1. The Hall–Kier alpha value is -0.790. The molecule has 0 rings (SSSR count). The molecule has 0 saturated carbocycles. The van der Waals surface area contributed by atoms with Crippen LogP contribution in [0.2, 0.25) is 0 Å². The third-order valence-corrected chi connectivity index (χ3v) is 0.337. The molecule has 0 heterocycles. The lowest BCUT2D eigenvalue weighted by atomic mass is 10.4. The average molecular weight is 85.1 g/mol. The molecule has 0 aliphatic carbocycles. The fourth-order valence-corrected chi connectivity index (χ4v) is 0. The summed E-state index contributed by atoms with van der Waals surface area (Å²) in [5.41, 5.74) is -0.0741. The van der Waals surface area contributed by atoms with Crippen LogP contribution in [0.1, 0.15) is 6.92 Å². The molecule has 1 N–H and O–H groups in total. The van der Waals surface area contributed by atoms with Gasteiger partial charge in [0.2, 0.25) is 0 Å². The number of hydrogen-bond donors (Lipinski definition) is 1. The number of aliphatic carboxylic acids is 1. The maximum atomic E-state index is 9.54. The van der Waals surface area contributed by atoms with Crippen molar-refractivity contribution < 1.29 is 9.90 Å². The van der Waals surface area contributed by atoms with Crippen molar-refractivity contribution in [2.75, 3.05) is 0 Å². The number of rotatable bonds is 1. The van der Waals surface area contributed by atoms with E-state index in [1.807, 2.05) is 0 Å². The van der Waals surface area contributed by atoms with Crippen LogP contribution in [0.5, 0.6) is 0 Å². The molecular weight excluding hydrogens is 80.0 g/mol. The minimum absolute atomic E-state index is 0.0741. The van der Waals surface area contributed by atoms with E-state index in [1.165, 1.54) is 6.92 Å². The van der Waals surface area contributed by atoms with Gasteiger partial charge in [0.05, 0.1) is 0 Å². The summed E-state index contributed by atoms with van der Waals surface area (Å²) in [5, 5.41) is 7.83. The van der Waals surface area contributed by atoms with Crippen molar-refractivity contribution in [3.05, 3.63) is 12.2 Å². The Morgan fingerprint density at radius 2 is 2.00 bits per heavy atom. The van der Waals surface area contributed by atoms with Crippen LogP contribution in [0, 0.1) is 6.58 Å². The number of hydrogen-bond acceptors (Lipinski definition) is 1. The van der Waals surface area contributed by atoms with E-state index in [4.69, 9.17) is 11.7 Å². The van der Waals surface area contributed by atoms with E-state index in [2.05, 4.69) is 0 Å². The van der Waals surface area contributed by atoms with Crippen molar-refractivity contribution in [2.45, 2.75) is 6.92 Å². The molecule has 1 radical (unpaired) electrons. The smallest absolute Gasteiger partial charge is 0.331 e. The molecule has 0 aromatic carbocycles. The molecule has 2 nitrogen and oxygen atoms in total. The van der Waals surface area contributed by atoms with E-state index in [0.717, 1.165) is 0 Å². The van der Waals surface area contributed by atoms with Crippen LogP contribution >= 0.6 is 0 Å². The number of carboxylic acid groups (broad SMARTS) is 1. The molecule has 0 aliphatic rings. The van der Waals surface area contributed by atoms with Gasteiger partial charge in [-0.05, 0) is 6.92 Å². The molecule has 0 amide bonds. The third kappa shape index (κ3) is 1.52. The molecule has 2 heteroatoms.